The average molecular weight is 240 g/mol. The summed E-state index contributed by atoms with van der Waals surface area (Å²) in [5.41, 5.74) is 0. The van der Waals surface area contributed by atoms with Crippen LogP contribution in [0.1, 0.15) is 33.6 Å². The Morgan fingerprint density at radius 2 is 1.86 bits per heavy atom. The van der Waals surface area contributed by atoms with Gasteiger partial charge in [0.2, 0.25) is 10.0 Å². The minimum atomic E-state index is -3.18. The van der Waals surface area contributed by atoms with Crippen LogP contribution in [0.2, 0.25) is 0 Å². The lowest BCUT2D eigenvalue weighted by Crippen LogP contribution is -2.43. The maximum absolute atomic E-state index is 11.6. The van der Waals surface area contributed by atoms with Crippen LogP contribution in [0.3, 0.4) is 0 Å². The van der Waals surface area contributed by atoms with Gasteiger partial charge < -0.3 is 0 Å². The van der Waals surface area contributed by atoms with Crippen LogP contribution < -0.4 is 4.72 Å². The number of hydrogen-bond acceptors (Lipinski definition) is 2. The number of rotatable bonds is 3. The van der Waals surface area contributed by atoms with Crippen molar-refractivity contribution in [2.24, 2.45) is 5.92 Å². The molecule has 1 fully saturated rings. The van der Waals surface area contributed by atoms with Crippen molar-refractivity contribution in [3.8, 4) is 0 Å². The molecule has 0 aromatic rings. The van der Waals surface area contributed by atoms with Crippen molar-refractivity contribution >= 4 is 21.6 Å². The van der Waals surface area contributed by atoms with Crippen LogP contribution in [0, 0.1) is 5.92 Å². The molecule has 0 aromatic carbocycles. The van der Waals surface area contributed by atoms with Crippen molar-refractivity contribution < 1.29 is 8.42 Å². The molecule has 0 aliphatic heterocycles. The van der Waals surface area contributed by atoms with Gasteiger partial charge in [-0.1, -0.05) is 0 Å². The van der Waals surface area contributed by atoms with E-state index in [0.717, 1.165) is 12.8 Å². The molecule has 14 heavy (non-hydrogen) atoms. The molecule has 0 amide bonds. The molecule has 0 saturated heterocycles. The van der Waals surface area contributed by atoms with E-state index >= 15 is 0 Å². The third-order valence-corrected chi connectivity index (χ3v) is 5.06. The highest BCUT2D eigenvalue weighted by Crippen LogP contribution is 2.31. The first-order chi connectivity index (χ1) is 6.22. The second-order valence-corrected chi connectivity index (χ2v) is 8.04. The molecule has 0 unspecified atom stereocenters. The molecule has 3 nitrogen and oxygen atoms in total. The lowest BCUT2D eigenvalue weighted by atomic mass is 9.85. The normalized spacial score (nSPS) is 28.6. The zero-order valence-electron chi connectivity index (χ0n) is 8.88. The molecule has 0 spiro atoms. The molecule has 1 rings (SSSR count). The first-order valence-electron chi connectivity index (χ1n) is 4.85. The van der Waals surface area contributed by atoms with E-state index in [0.29, 0.717) is 12.5 Å². The SMILES string of the molecule is CC(C)(C)S(=O)(=O)NCC1CC(Cl)C1. The van der Waals surface area contributed by atoms with Gasteiger partial charge in [0, 0.05) is 11.9 Å². The molecular weight excluding hydrogens is 222 g/mol. The third kappa shape index (κ3) is 2.84. The van der Waals surface area contributed by atoms with Crippen LogP contribution in [0.4, 0.5) is 0 Å². The van der Waals surface area contributed by atoms with Crippen molar-refractivity contribution in [1.82, 2.24) is 4.72 Å². The molecule has 1 aliphatic carbocycles. The van der Waals surface area contributed by atoms with Gasteiger partial charge in [-0.3, -0.25) is 0 Å². The predicted molar refractivity (Wildman–Crippen MR) is 59.0 cm³/mol. The van der Waals surface area contributed by atoms with Gasteiger partial charge in [-0.25, -0.2) is 13.1 Å². The van der Waals surface area contributed by atoms with Gasteiger partial charge >= 0.3 is 0 Å². The van der Waals surface area contributed by atoms with E-state index in [1.807, 2.05) is 0 Å². The Bertz CT molecular complexity index is 288. The van der Waals surface area contributed by atoms with Crippen LogP contribution in [0.25, 0.3) is 0 Å². The van der Waals surface area contributed by atoms with E-state index in [9.17, 15) is 8.42 Å². The lowest BCUT2D eigenvalue weighted by Gasteiger charge is -2.32. The van der Waals surface area contributed by atoms with Crippen molar-refractivity contribution in [1.29, 1.82) is 0 Å². The number of nitrogens with one attached hydrogen (secondary N) is 1. The summed E-state index contributed by atoms with van der Waals surface area (Å²) in [6.07, 6.45) is 1.85. The minimum Gasteiger partial charge on any atom is -0.215 e. The Hall–Kier alpha value is 0.200. The van der Waals surface area contributed by atoms with E-state index in [2.05, 4.69) is 4.72 Å². The quantitative estimate of drug-likeness (QED) is 0.763. The smallest absolute Gasteiger partial charge is 0.215 e. The van der Waals surface area contributed by atoms with Crippen LogP contribution in [0.5, 0.6) is 0 Å². The Kier molecular flexibility index (Phi) is 3.49. The standard InChI is InChI=1S/C9H18ClNO2S/c1-9(2,3)14(12,13)11-6-7-4-8(10)5-7/h7-8,11H,4-6H2,1-3H3. The first kappa shape index (κ1) is 12.3. The Morgan fingerprint density at radius 3 is 2.21 bits per heavy atom. The summed E-state index contributed by atoms with van der Waals surface area (Å²) in [7, 11) is -3.18. The molecule has 0 atom stereocenters. The molecule has 0 radical (unpaired) electrons. The van der Waals surface area contributed by atoms with Crippen molar-refractivity contribution in [3.05, 3.63) is 0 Å². The predicted octanol–water partition coefficient (Wildman–Crippen LogP) is 1.72. The van der Waals surface area contributed by atoms with Gasteiger partial charge in [0.15, 0.2) is 0 Å². The summed E-state index contributed by atoms with van der Waals surface area (Å²) >= 11 is 5.81. The lowest BCUT2D eigenvalue weighted by molar-refractivity contribution is 0.323. The van der Waals surface area contributed by atoms with Gasteiger partial charge in [0.25, 0.3) is 0 Å². The summed E-state index contributed by atoms with van der Waals surface area (Å²) < 4.78 is 25.2. The number of hydrogen-bond donors (Lipinski definition) is 1. The molecule has 84 valence electrons. The monoisotopic (exact) mass is 239 g/mol. The second-order valence-electron chi connectivity index (χ2n) is 4.90. The van der Waals surface area contributed by atoms with E-state index in [1.165, 1.54) is 0 Å². The summed E-state index contributed by atoms with van der Waals surface area (Å²) in [6.45, 7) is 5.62. The molecule has 5 heteroatoms. The summed E-state index contributed by atoms with van der Waals surface area (Å²) in [5, 5.41) is 0.249. The van der Waals surface area contributed by atoms with E-state index < -0.39 is 14.8 Å². The first-order valence-corrected chi connectivity index (χ1v) is 6.77. The van der Waals surface area contributed by atoms with E-state index in [1.54, 1.807) is 20.8 Å². The summed E-state index contributed by atoms with van der Waals surface area (Å²) in [5.74, 6) is 0.426. The topological polar surface area (TPSA) is 46.2 Å². The van der Waals surface area contributed by atoms with Crippen LogP contribution in [-0.4, -0.2) is 25.1 Å². The summed E-state index contributed by atoms with van der Waals surface area (Å²) in [6, 6.07) is 0. The Morgan fingerprint density at radius 1 is 1.36 bits per heavy atom. The van der Waals surface area contributed by atoms with Gasteiger partial charge in [0.1, 0.15) is 0 Å². The highest BCUT2D eigenvalue weighted by atomic mass is 35.5. The average Bonchev–Trinajstić information content (AvgIpc) is 1.93. The number of sulfonamides is 1. The van der Waals surface area contributed by atoms with Crippen LogP contribution >= 0.6 is 11.6 Å². The van der Waals surface area contributed by atoms with Gasteiger partial charge in [0.05, 0.1) is 4.75 Å². The maximum Gasteiger partial charge on any atom is 0.216 e. The molecular formula is C9H18ClNO2S. The van der Waals surface area contributed by atoms with Gasteiger partial charge in [-0.15, -0.1) is 11.6 Å². The fourth-order valence-electron chi connectivity index (χ4n) is 1.27. The van der Waals surface area contributed by atoms with E-state index in [-0.39, 0.29) is 5.38 Å². The third-order valence-electron chi connectivity index (χ3n) is 2.55. The van der Waals surface area contributed by atoms with Crippen LogP contribution in [0.15, 0.2) is 0 Å². The second kappa shape index (κ2) is 3.99. The molecule has 1 N–H and O–H groups in total. The zero-order valence-corrected chi connectivity index (χ0v) is 10.5. The Labute approximate surface area is 91.3 Å². The highest BCUT2D eigenvalue weighted by Gasteiger charge is 2.32. The van der Waals surface area contributed by atoms with Crippen molar-refractivity contribution in [2.45, 2.75) is 43.7 Å². The highest BCUT2D eigenvalue weighted by molar-refractivity contribution is 7.90. The zero-order chi connectivity index (χ0) is 11.0. The van der Waals surface area contributed by atoms with E-state index in [4.69, 9.17) is 11.6 Å². The molecule has 1 saturated carbocycles. The van der Waals surface area contributed by atoms with Crippen molar-refractivity contribution in [2.75, 3.05) is 6.54 Å². The minimum absolute atomic E-state index is 0.249. The maximum atomic E-state index is 11.6. The van der Waals surface area contributed by atoms with Crippen LogP contribution in [-0.2, 0) is 10.0 Å². The summed E-state index contributed by atoms with van der Waals surface area (Å²) in [4.78, 5) is 0. The molecule has 1 aliphatic rings. The molecule has 0 aromatic heterocycles. The largest absolute Gasteiger partial charge is 0.216 e. The van der Waals surface area contributed by atoms with Crippen molar-refractivity contribution in [3.63, 3.8) is 0 Å². The Balaban J connectivity index is 2.38. The van der Waals surface area contributed by atoms with Gasteiger partial charge in [-0.2, -0.15) is 0 Å². The number of alkyl halides is 1. The molecule has 0 bridgehead atoms. The number of halogens is 1. The fraction of sp³-hybridized carbons (Fsp3) is 1.00. The molecule has 0 heterocycles. The van der Waals surface area contributed by atoms with Gasteiger partial charge in [-0.05, 0) is 39.5 Å². The fourth-order valence-corrected chi connectivity index (χ4v) is 2.66.